The van der Waals surface area contributed by atoms with Gasteiger partial charge < -0.3 is 19.8 Å². The Morgan fingerprint density at radius 1 is 1.16 bits per heavy atom. The summed E-state index contributed by atoms with van der Waals surface area (Å²) in [4.78, 5) is 10.5. The van der Waals surface area contributed by atoms with E-state index >= 15 is 0 Å². The van der Waals surface area contributed by atoms with Gasteiger partial charge in [-0.3, -0.25) is 4.99 Å². The van der Waals surface area contributed by atoms with Crippen molar-refractivity contribution in [2.24, 2.45) is 4.99 Å². The summed E-state index contributed by atoms with van der Waals surface area (Å²) in [5, 5.41) is 7.99. The summed E-state index contributed by atoms with van der Waals surface area (Å²) < 4.78 is 10.6. The van der Waals surface area contributed by atoms with E-state index in [2.05, 4.69) is 41.6 Å². The van der Waals surface area contributed by atoms with Crippen LogP contribution in [0.2, 0.25) is 0 Å². The summed E-state index contributed by atoms with van der Waals surface area (Å²) in [6, 6.07) is 12.1. The molecule has 0 spiro atoms. The van der Waals surface area contributed by atoms with Crippen LogP contribution < -0.4 is 15.4 Å². The number of aromatic nitrogens is 1. The third kappa shape index (κ3) is 8.53. The third-order valence-corrected chi connectivity index (χ3v) is 5.84. The molecule has 6 nitrogen and oxygen atoms in total. The van der Waals surface area contributed by atoms with E-state index in [1.165, 1.54) is 10.4 Å². The zero-order valence-electron chi connectivity index (χ0n) is 18.3. The molecule has 1 aromatic carbocycles. The molecule has 0 aliphatic carbocycles. The van der Waals surface area contributed by atoms with Gasteiger partial charge in [-0.25, -0.2) is 4.98 Å². The average Bonchev–Trinajstić information content (AvgIpc) is 3.43. The number of benzene rings is 1. The summed E-state index contributed by atoms with van der Waals surface area (Å²) in [6.07, 6.45) is 5.35. The van der Waals surface area contributed by atoms with Gasteiger partial charge in [-0.1, -0.05) is 19.1 Å². The van der Waals surface area contributed by atoms with Crippen LogP contribution in [0.15, 0.2) is 58.3 Å². The lowest BCUT2D eigenvalue weighted by Gasteiger charge is -2.14. The maximum Gasteiger partial charge on any atom is 0.191 e. The molecule has 2 heterocycles. The number of aryl methyl sites for hydroxylation is 1. The Kier molecular flexibility index (Phi) is 10.9. The molecule has 0 saturated carbocycles. The lowest BCUT2D eigenvalue weighted by atomic mass is 10.1. The molecule has 0 amide bonds. The molecule has 1 atom stereocenters. The summed E-state index contributed by atoms with van der Waals surface area (Å²) in [5.74, 6) is 2.94. The van der Waals surface area contributed by atoms with Gasteiger partial charge in [0.1, 0.15) is 11.5 Å². The SMILES string of the molecule is COc1ccc(CCNC(=NCC(C)c2ncc(C)s2)NCCc2ccco2)cc1.I. The summed E-state index contributed by atoms with van der Waals surface area (Å²) in [7, 11) is 1.68. The number of hydrogen-bond donors (Lipinski definition) is 2. The second-order valence-corrected chi connectivity index (χ2v) is 8.45. The smallest absolute Gasteiger partial charge is 0.191 e. The fraction of sp³-hybridized carbons (Fsp3) is 0.391. The fourth-order valence-electron chi connectivity index (χ4n) is 2.96. The third-order valence-electron chi connectivity index (χ3n) is 4.69. The quantitative estimate of drug-likeness (QED) is 0.214. The maximum atomic E-state index is 5.41. The monoisotopic (exact) mass is 554 g/mol. The van der Waals surface area contributed by atoms with Crippen molar-refractivity contribution in [3.05, 3.63) is 70.1 Å². The Hall–Kier alpha value is -2.07. The molecule has 31 heavy (non-hydrogen) atoms. The maximum absolute atomic E-state index is 5.41. The normalized spacial score (nSPS) is 12.2. The van der Waals surface area contributed by atoms with E-state index in [1.54, 1.807) is 24.7 Å². The lowest BCUT2D eigenvalue weighted by molar-refractivity contribution is 0.414. The van der Waals surface area contributed by atoms with Gasteiger partial charge in [0.25, 0.3) is 0 Å². The van der Waals surface area contributed by atoms with Crippen LogP contribution in [0.4, 0.5) is 0 Å². The van der Waals surface area contributed by atoms with Crippen molar-refractivity contribution < 1.29 is 9.15 Å². The number of aliphatic imine (C=N–C) groups is 1. The summed E-state index contributed by atoms with van der Waals surface area (Å²) >= 11 is 1.74. The minimum absolute atomic E-state index is 0. The lowest BCUT2D eigenvalue weighted by Crippen LogP contribution is -2.39. The van der Waals surface area contributed by atoms with E-state index < -0.39 is 0 Å². The molecule has 2 N–H and O–H groups in total. The first-order valence-electron chi connectivity index (χ1n) is 10.2. The number of guanidine groups is 1. The van der Waals surface area contributed by atoms with E-state index in [4.69, 9.17) is 14.1 Å². The molecule has 0 radical (unpaired) electrons. The van der Waals surface area contributed by atoms with Crippen LogP contribution in [0.3, 0.4) is 0 Å². The molecule has 3 aromatic rings. The zero-order valence-corrected chi connectivity index (χ0v) is 21.4. The number of rotatable bonds is 10. The highest BCUT2D eigenvalue weighted by molar-refractivity contribution is 14.0. The predicted molar refractivity (Wildman–Crippen MR) is 138 cm³/mol. The molecule has 0 fully saturated rings. The van der Waals surface area contributed by atoms with Gasteiger partial charge >= 0.3 is 0 Å². The van der Waals surface area contributed by atoms with Gasteiger partial charge in [-0.05, 0) is 43.2 Å². The van der Waals surface area contributed by atoms with Crippen molar-refractivity contribution in [3.8, 4) is 5.75 Å². The molecule has 3 rings (SSSR count). The number of furan rings is 1. The highest BCUT2D eigenvalue weighted by Crippen LogP contribution is 2.21. The number of ether oxygens (including phenoxy) is 1. The van der Waals surface area contributed by atoms with Gasteiger partial charge in [0.05, 0.1) is 24.9 Å². The number of halogens is 1. The van der Waals surface area contributed by atoms with Crippen LogP contribution in [-0.4, -0.2) is 37.7 Å². The molecule has 2 aromatic heterocycles. The number of nitrogens with zero attached hydrogens (tertiary/aromatic N) is 2. The van der Waals surface area contributed by atoms with Gasteiger partial charge in [-0.15, -0.1) is 35.3 Å². The van der Waals surface area contributed by atoms with Crippen molar-refractivity contribution >= 4 is 41.3 Å². The number of thiazole rings is 1. The Morgan fingerprint density at radius 3 is 2.52 bits per heavy atom. The number of methoxy groups -OCH3 is 1. The van der Waals surface area contributed by atoms with Gasteiger partial charge in [0.2, 0.25) is 0 Å². The summed E-state index contributed by atoms with van der Waals surface area (Å²) in [5.41, 5.74) is 1.25. The van der Waals surface area contributed by atoms with E-state index in [1.807, 2.05) is 30.5 Å². The highest BCUT2D eigenvalue weighted by Gasteiger charge is 2.10. The minimum Gasteiger partial charge on any atom is -0.497 e. The number of nitrogens with one attached hydrogen (secondary N) is 2. The van der Waals surface area contributed by atoms with Crippen LogP contribution in [0.5, 0.6) is 5.75 Å². The van der Waals surface area contributed by atoms with Crippen LogP contribution in [-0.2, 0) is 12.8 Å². The molecule has 0 aliphatic heterocycles. The second kappa shape index (κ2) is 13.4. The van der Waals surface area contributed by atoms with Crippen molar-refractivity contribution in [2.45, 2.75) is 32.6 Å². The first kappa shape index (κ1) is 25.2. The number of hydrogen-bond acceptors (Lipinski definition) is 5. The van der Waals surface area contributed by atoms with Gasteiger partial charge in [0.15, 0.2) is 5.96 Å². The van der Waals surface area contributed by atoms with E-state index in [9.17, 15) is 0 Å². The van der Waals surface area contributed by atoms with Crippen molar-refractivity contribution in [1.29, 1.82) is 0 Å². The average molecular weight is 554 g/mol. The Balaban J connectivity index is 0.00000341. The topological polar surface area (TPSA) is 71.7 Å². The highest BCUT2D eigenvalue weighted by atomic mass is 127. The fourth-order valence-corrected chi connectivity index (χ4v) is 3.77. The molecule has 0 aliphatic rings. The van der Waals surface area contributed by atoms with E-state index in [0.29, 0.717) is 6.54 Å². The Labute approximate surface area is 205 Å². The Morgan fingerprint density at radius 2 is 1.90 bits per heavy atom. The first-order chi connectivity index (χ1) is 14.6. The predicted octanol–water partition coefficient (Wildman–Crippen LogP) is 4.80. The molecule has 168 valence electrons. The van der Waals surface area contributed by atoms with Gasteiger partial charge in [-0.2, -0.15) is 0 Å². The molecular formula is C23H31IN4O2S. The van der Waals surface area contributed by atoms with E-state index in [0.717, 1.165) is 48.4 Å². The largest absolute Gasteiger partial charge is 0.497 e. The molecule has 1 unspecified atom stereocenters. The molecule has 0 bridgehead atoms. The molecular weight excluding hydrogens is 523 g/mol. The Bertz CT molecular complexity index is 910. The minimum atomic E-state index is 0. The van der Waals surface area contributed by atoms with Crippen molar-refractivity contribution in [1.82, 2.24) is 15.6 Å². The van der Waals surface area contributed by atoms with Gasteiger partial charge in [0, 0.05) is 36.5 Å². The summed E-state index contributed by atoms with van der Waals surface area (Å²) in [6.45, 7) is 6.49. The second-order valence-electron chi connectivity index (χ2n) is 7.18. The van der Waals surface area contributed by atoms with Crippen LogP contribution >= 0.6 is 35.3 Å². The van der Waals surface area contributed by atoms with Crippen molar-refractivity contribution in [3.63, 3.8) is 0 Å². The van der Waals surface area contributed by atoms with E-state index in [-0.39, 0.29) is 29.9 Å². The molecule has 8 heteroatoms. The first-order valence-corrected chi connectivity index (χ1v) is 11.1. The zero-order chi connectivity index (χ0) is 21.2. The standard InChI is InChI=1S/C23H30N4O2S.HI/c1-17(22-26-16-18(2)30-22)15-27-23(25-13-11-21-5-4-14-29-21)24-12-10-19-6-8-20(28-3)9-7-19;/h4-9,14,16-17H,10-13,15H2,1-3H3,(H2,24,25,27);1H. The van der Waals surface area contributed by atoms with Crippen molar-refractivity contribution in [2.75, 3.05) is 26.7 Å². The van der Waals surface area contributed by atoms with Crippen LogP contribution in [0.1, 0.15) is 34.1 Å². The molecule has 0 saturated heterocycles. The van der Waals surface area contributed by atoms with Crippen LogP contribution in [0, 0.1) is 6.92 Å². The van der Waals surface area contributed by atoms with Crippen LogP contribution in [0.25, 0.3) is 0 Å².